The summed E-state index contributed by atoms with van der Waals surface area (Å²) in [7, 11) is 2.98. The highest BCUT2D eigenvalue weighted by Crippen LogP contribution is 2.16. The number of hydrogen-bond acceptors (Lipinski definition) is 5. The highest BCUT2D eigenvalue weighted by Gasteiger charge is 2.14. The Hall–Kier alpha value is -3.32. The lowest BCUT2D eigenvalue weighted by atomic mass is 10.2. The van der Waals surface area contributed by atoms with Gasteiger partial charge in [-0.1, -0.05) is 29.8 Å². The Morgan fingerprint density at radius 2 is 1.86 bits per heavy atom. The van der Waals surface area contributed by atoms with E-state index in [0.717, 1.165) is 5.56 Å². The van der Waals surface area contributed by atoms with E-state index in [1.165, 1.54) is 25.1 Å². The lowest BCUT2D eigenvalue weighted by molar-refractivity contribution is -0.148. The summed E-state index contributed by atoms with van der Waals surface area (Å²) >= 11 is 5.79. The largest absolute Gasteiger partial charge is 0.497 e. The van der Waals surface area contributed by atoms with Gasteiger partial charge in [0.15, 0.2) is 6.61 Å². The summed E-state index contributed by atoms with van der Waals surface area (Å²) in [6, 6.07) is 13.7. The van der Waals surface area contributed by atoms with Crippen LogP contribution in [-0.4, -0.2) is 50.0 Å². The van der Waals surface area contributed by atoms with Crippen molar-refractivity contribution in [1.29, 1.82) is 0 Å². The van der Waals surface area contributed by atoms with E-state index < -0.39 is 18.5 Å². The third kappa shape index (κ3) is 7.67. The van der Waals surface area contributed by atoms with Gasteiger partial charge >= 0.3 is 5.97 Å². The van der Waals surface area contributed by atoms with Gasteiger partial charge in [0.25, 0.3) is 5.91 Å². The average molecular weight is 417 g/mol. The molecule has 0 radical (unpaired) electrons. The number of anilines is 1. The van der Waals surface area contributed by atoms with Gasteiger partial charge in [-0.15, -0.1) is 0 Å². The highest BCUT2D eigenvalue weighted by atomic mass is 35.5. The smallest absolute Gasteiger partial charge is 0.331 e. The minimum atomic E-state index is -0.664. The van der Waals surface area contributed by atoms with E-state index in [9.17, 15) is 14.4 Å². The minimum Gasteiger partial charge on any atom is -0.497 e. The van der Waals surface area contributed by atoms with E-state index in [1.54, 1.807) is 54.6 Å². The molecule has 0 aromatic heterocycles. The number of likely N-dealkylation sites (N-methyl/N-ethyl adjacent to an activating group) is 1. The second-order valence-corrected chi connectivity index (χ2v) is 6.46. The van der Waals surface area contributed by atoms with Crippen LogP contribution in [-0.2, 0) is 19.1 Å². The Morgan fingerprint density at radius 3 is 2.55 bits per heavy atom. The first kappa shape index (κ1) is 22.0. The average Bonchev–Trinajstić information content (AvgIpc) is 2.71. The maximum Gasteiger partial charge on any atom is 0.331 e. The first-order chi connectivity index (χ1) is 13.9. The molecule has 2 amide bonds. The number of rotatable bonds is 8. The van der Waals surface area contributed by atoms with E-state index in [1.807, 2.05) is 0 Å². The van der Waals surface area contributed by atoms with Gasteiger partial charge in [0, 0.05) is 29.9 Å². The van der Waals surface area contributed by atoms with Crippen molar-refractivity contribution in [3.8, 4) is 5.75 Å². The first-order valence-corrected chi connectivity index (χ1v) is 9.03. The number of benzene rings is 2. The fourth-order valence-corrected chi connectivity index (χ4v) is 2.36. The van der Waals surface area contributed by atoms with E-state index >= 15 is 0 Å². The monoisotopic (exact) mass is 416 g/mol. The van der Waals surface area contributed by atoms with Crippen LogP contribution in [0.2, 0.25) is 5.02 Å². The zero-order chi connectivity index (χ0) is 21.2. The highest BCUT2D eigenvalue weighted by molar-refractivity contribution is 6.30. The number of amides is 2. The standard InChI is InChI=1S/C21H21ClN2O5/c1-24(13-19(25)23-17-4-3-5-18(12-17)28-2)20(26)14-29-21(27)11-8-15-6-9-16(22)10-7-15/h3-12H,13-14H2,1-2H3,(H,23,25)/b11-8+. The molecule has 7 nitrogen and oxygen atoms in total. The number of methoxy groups -OCH3 is 1. The van der Waals surface area contributed by atoms with Gasteiger partial charge < -0.3 is 19.7 Å². The van der Waals surface area contributed by atoms with Crippen molar-refractivity contribution in [1.82, 2.24) is 4.90 Å². The van der Waals surface area contributed by atoms with Crippen molar-refractivity contribution in [2.24, 2.45) is 0 Å². The van der Waals surface area contributed by atoms with Crippen LogP contribution in [0.15, 0.2) is 54.6 Å². The Balaban J connectivity index is 1.76. The summed E-state index contributed by atoms with van der Waals surface area (Å²) in [5, 5.41) is 3.26. The maximum absolute atomic E-state index is 12.1. The zero-order valence-corrected chi connectivity index (χ0v) is 16.8. The van der Waals surface area contributed by atoms with Crippen molar-refractivity contribution in [3.05, 3.63) is 65.2 Å². The fourth-order valence-electron chi connectivity index (χ4n) is 2.23. The van der Waals surface area contributed by atoms with Crippen molar-refractivity contribution in [2.75, 3.05) is 32.6 Å². The van der Waals surface area contributed by atoms with E-state index in [2.05, 4.69) is 5.32 Å². The van der Waals surface area contributed by atoms with E-state index in [-0.39, 0.29) is 12.5 Å². The van der Waals surface area contributed by atoms with Crippen LogP contribution in [0.5, 0.6) is 5.75 Å². The number of ether oxygens (including phenoxy) is 2. The number of esters is 1. The molecule has 0 saturated heterocycles. The van der Waals surface area contributed by atoms with Crippen LogP contribution in [0.4, 0.5) is 5.69 Å². The van der Waals surface area contributed by atoms with Gasteiger partial charge in [0.1, 0.15) is 5.75 Å². The maximum atomic E-state index is 12.1. The van der Waals surface area contributed by atoms with Gasteiger partial charge in [-0.2, -0.15) is 0 Å². The molecule has 0 aliphatic rings. The molecule has 0 fully saturated rings. The summed E-state index contributed by atoms with van der Waals surface area (Å²) in [5.41, 5.74) is 1.32. The molecule has 29 heavy (non-hydrogen) atoms. The molecule has 0 aliphatic heterocycles. The van der Waals surface area contributed by atoms with Crippen LogP contribution in [0.25, 0.3) is 6.08 Å². The van der Waals surface area contributed by atoms with Crippen LogP contribution in [0.3, 0.4) is 0 Å². The predicted molar refractivity (Wildman–Crippen MR) is 111 cm³/mol. The van der Waals surface area contributed by atoms with Crippen molar-refractivity contribution < 1.29 is 23.9 Å². The van der Waals surface area contributed by atoms with Crippen LogP contribution in [0, 0.1) is 0 Å². The SMILES string of the molecule is COc1cccc(NC(=O)CN(C)C(=O)COC(=O)/C=C/c2ccc(Cl)cc2)c1. The molecule has 2 rings (SSSR count). The fraction of sp³-hybridized carbons (Fsp3) is 0.190. The van der Waals surface area contributed by atoms with E-state index in [0.29, 0.717) is 16.5 Å². The van der Waals surface area contributed by atoms with Crippen LogP contribution in [0.1, 0.15) is 5.56 Å². The first-order valence-electron chi connectivity index (χ1n) is 8.65. The van der Waals surface area contributed by atoms with E-state index in [4.69, 9.17) is 21.1 Å². The Bertz CT molecular complexity index is 896. The molecule has 152 valence electrons. The molecule has 8 heteroatoms. The predicted octanol–water partition coefficient (Wildman–Crippen LogP) is 3.00. The quantitative estimate of drug-likeness (QED) is 0.528. The molecular formula is C21H21ClN2O5. The number of nitrogens with one attached hydrogen (secondary N) is 1. The summed E-state index contributed by atoms with van der Waals surface area (Å²) in [6.45, 7) is -0.652. The summed E-state index contributed by atoms with van der Waals surface area (Å²) in [6.07, 6.45) is 2.76. The number of nitrogens with zero attached hydrogens (tertiary/aromatic N) is 1. The number of hydrogen-bond donors (Lipinski definition) is 1. The second kappa shape index (κ2) is 10.9. The molecule has 0 aliphatic carbocycles. The summed E-state index contributed by atoms with van der Waals surface area (Å²) in [4.78, 5) is 37.0. The van der Waals surface area contributed by atoms with Crippen LogP contribution >= 0.6 is 11.6 Å². The molecule has 0 spiro atoms. The lowest BCUT2D eigenvalue weighted by Gasteiger charge is -2.16. The van der Waals surface area contributed by atoms with Crippen molar-refractivity contribution in [3.63, 3.8) is 0 Å². The molecule has 2 aromatic rings. The van der Waals surface area contributed by atoms with Gasteiger partial charge in [-0.3, -0.25) is 9.59 Å². The second-order valence-electron chi connectivity index (χ2n) is 6.02. The van der Waals surface area contributed by atoms with Gasteiger partial charge in [0.2, 0.25) is 5.91 Å². The Kier molecular flexibility index (Phi) is 8.24. The molecule has 1 N–H and O–H groups in total. The van der Waals surface area contributed by atoms with Gasteiger partial charge in [-0.25, -0.2) is 4.79 Å². The molecule has 0 unspecified atom stereocenters. The molecule has 0 saturated carbocycles. The molecule has 2 aromatic carbocycles. The Morgan fingerprint density at radius 1 is 1.14 bits per heavy atom. The number of carbonyl (C=O) groups is 3. The molecule has 0 bridgehead atoms. The van der Waals surface area contributed by atoms with Gasteiger partial charge in [0.05, 0.1) is 13.7 Å². The molecular weight excluding hydrogens is 396 g/mol. The molecule has 0 heterocycles. The lowest BCUT2D eigenvalue weighted by Crippen LogP contribution is -2.37. The minimum absolute atomic E-state index is 0.186. The number of halogens is 1. The third-order valence-corrected chi connectivity index (χ3v) is 4.03. The van der Waals surface area contributed by atoms with Gasteiger partial charge in [-0.05, 0) is 35.9 Å². The summed E-state index contributed by atoms with van der Waals surface area (Å²) in [5.74, 6) is -0.949. The molecule has 0 atom stereocenters. The topological polar surface area (TPSA) is 84.9 Å². The number of carbonyl (C=O) groups excluding carboxylic acids is 3. The third-order valence-electron chi connectivity index (χ3n) is 3.78. The van der Waals surface area contributed by atoms with Crippen LogP contribution < -0.4 is 10.1 Å². The summed E-state index contributed by atoms with van der Waals surface area (Å²) < 4.78 is 10.00. The normalized spacial score (nSPS) is 10.4. The zero-order valence-electron chi connectivity index (χ0n) is 16.1. The Labute approximate surface area is 173 Å². The van der Waals surface area contributed by atoms with Crippen molar-refractivity contribution >= 4 is 41.1 Å². The van der Waals surface area contributed by atoms with Crippen molar-refractivity contribution in [2.45, 2.75) is 0 Å².